The fraction of sp³-hybridized carbons (Fsp3) is 0.115. The van der Waals surface area contributed by atoms with Crippen LogP contribution in [0.4, 0.5) is 5.13 Å². The highest BCUT2D eigenvalue weighted by Crippen LogP contribution is 2.43. The Morgan fingerprint density at radius 1 is 1.00 bits per heavy atom. The van der Waals surface area contributed by atoms with Crippen LogP contribution in [0.15, 0.2) is 84.7 Å². The number of anilines is 1. The number of Topliss-reactive ketones (excluding diaryl/α,β-unsaturated/α-hetero) is 1. The number of carbonyl (C=O) groups is 2. The normalized spacial score (nSPS) is 17.1. The van der Waals surface area contributed by atoms with E-state index in [0.29, 0.717) is 28.5 Å². The van der Waals surface area contributed by atoms with E-state index in [4.69, 9.17) is 4.74 Å². The molecule has 1 amide bonds. The van der Waals surface area contributed by atoms with Crippen molar-refractivity contribution < 1.29 is 19.4 Å². The molecule has 0 saturated carbocycles. The van der Waals surface area contributed by atoms with Gasteiger partial charge in [0.25, 0.3) is 5.78 Å². The van der Waals surface area contributed by atoms with E-state index in [0.717, 1.165) is 5.56 Å². The number of hydrogen-bond donors (Lipinski definition) is 1. The first-order chi connectivity index (χ1) is 17.0. The van der Waals surface area contributed by atoms with Crippen molar-refractivity contribution in [1.29, 1.82) is 0 Å². The highest BCUT2D eigenvalue weighted by molar-refractivity contribution is 7.15. The SMILES string of the molecule is Cc1nnc(N2C(=O)C(=O)C(=C(O)c3ccncc3)[C@H]2c2ccc(OCc3ccccc3)cc2)s1. The average molecular weight is 485 g/mol. The molecule has 3 heterocycles. The standard InChI is InChI=1S/C26H20N4O4S/c1-16-28-29-26(35-16)30-22(21(24(32)25(30)33)23(31)19-11-13-27-14-12-19)18-7-9-20(10-8-18)34-15-17-5-3-2-4-6-17/h2-14,22,31H,15H2,1H3/t22-/m1/s1. The number of rotatable bonds is 6. The highest BCUT2D eigenvalue weighted by atomic mass is 32.1. The van der Waals surface area contributed by atoms with E-state index in [1.54, 1.807) is 43.3 Å². The van der Waals surface area contributed by atoms with Crippen LogP contribution in [0, 0.1) is 6.92 Å². The maximum atomic E-state index is 13.1. The predicted molar refractivity (Wildman–Crippen MR) is 131 cm³/mol. The summed E-state index contributed by atoms with van der Waals surface area (Å²) in [6, 6.07) is 19.2. The Morgan fingerprint density at radius 2 is 1.71 bits per heavy atom. The van der Waals surface area contributed by atoms with Crippen LogP contribution in [0.5, 0.6) is 5.75 Å². The molecule has 4 aromatic rings. The largest absolute Gasteiger partial charge is 0.507 e. The van der Waals surface area contributed by atoms with Crippen molar-refractivity contribution in [2.24, 2.45) is 0 Å². The van der Waals surface area contributed by atoms with Crippen molar-refractivity contribution in [3.63, 3.8) is 0 Å². The topological polar surface area (TPSA) is 106 Å². The van der Waals surface area contributed by atoms with Crippen LogP contribution in [0.25, 0.3) is 5.76 Å². The van der Waals surface area contributed by atoms with Crippen molar-refractivity contribution in [2.45, 2.75) is 19.6 Å². The van der Waals surface area contributed by atoms with Crippen LogP contribution in [-0.2, 0) is 16.2 Å². The summed E-state index contributed by atoms with van der Waals surface area (Å²) in [6.07, 6.45) is 3.01. The number of nitrogens with zero attached hydrogens (tertiary/aromatic N) is 4. The molecular weight excluding hydrogens is 464 g/mol. The Kier molecular flexibility index (Phi) is 6.07. The molecule has 0 radical (unpaired) electrons. The van der Waals surface area contributed by atoms with E-state index < -0.39 is 17.7 Å². The molecule has 0 spiro atoms. The molecule has 1 saturated heterocycles. The van der Waals surface area contributed by atoms with Crippen LogP contribution in [0.3, 0.4) is 0 Å². The summed E-state index contributed by atoms with van der Waals surface area (Å²) in [7, 11) is 0. The molecule has 0 bridgehead atoms. The molecule has 5 rings (SSSR count). The summed E-state index contributed by atoms with van der Waals surface area (Å²) in [5.74, 6) is -1.20. The van der Waals surface area contributed by atoms with Gasteiger partial charge in [-0.25, -0.2) is 0 Å². The fourth-order valence-electron chi connectivity index (χ4n) is 3.88. The third-order valence-corrected chi connectivity index (χ3v) is 6.40. The van der Waals surface area contributed by atoms with Gasteiger partial charge in [-0.1, -0.05) is 53.8 Å². The maximum Gasteiger partial charge on any atom is 0.301 e. The molecule has 1 aliphatic rings. The van der Waals surface area contributed by atoms with Gasteiger partial charge in [0.1, 0.15) is 23.1 Å². The molecule has 1 atom stereocenters. The zero-order valence-electron chi connectivity index (χ0n) is 18.7. The zero-order valence-corrected chi connectivity index (χ0v) is 19.5. The summed E-state index contributed by atoms with van der Waals surface area (Å²) >= 11 is 1.20. The van der Waals surface area contributed by atoms with Crippen LogP contribution < -0.4 is 9.64 Å². The second-order valence-corrected chi connectivity index (χ2v) is 9.01. The quantitative estimate of drug-likeness (QED) is 0.245. The number of aliphatic hydroxyl groups is 1. The Morgan fingerprint density at radius 3 is 2.37 bits per heavy atom. The lowest BCUT2D eigenvalue weighted by molar-refractivity contribution is -0.132. The smallest absolute Gasteiger partial charge is 0.301 e. The molecule has 1 fully saturated rings. The number of aryl methyl sites for hydroxylation is 1. The van der Waals surface area contributed by atoms with Gasteiger partial charge in [-0.15, -0.1) is 10.2 Å². The van der Waals surface area contributed by atoms with Gasteiger partial charge in [-0.05, 0) is 42.3 Å². The Hall–Kier alpha value is -4.37. The van der Waals surface area contributed by atoms with Gasteiger partial charge < -0.3 is 9.84 Å². The molecule has 9 heteroatoms. The summed E-state index contributed by atoms with van der Waals surface area (Å²) in [5, 5.41) is 20.1. The van der Waals surface area contributed by atoms with E-state index in [2.05, 4.69) is 15.2 Å². The molecule has 35 heavy (non-hydrogen) atoms. The van der Waals surface area contributed by atoms with Gasteiger partial charge in [0.05, 0.1) is 11.6 Å². The Bertz CT molecular complexity index is 1400. The zero-order chi connectivity index (χ0) is 24.4. The van der Waals surface area contributed by atoms with Gasteiger partial charge >= 0.3 is 5.91 Å². The Labute approximate surface area is 205 Å². The second-order valence-electron chi connectivity index (χ2n) is 7.85. The molecule has 1 aliphatic heterocycles. The molecular formula is C26H20N4O4S. The molecule has 2 aromatic heterocycles. The minimum atomic E-state index is -0.876. The van der Waals surface area contributed by atoms with Crippen LogP contribution >= 0.6 is 11.3 Å². The molecule has 8 nitrogen and oxygen atoms in total. The fourth-order valence-corrected chi connectivity index (χ4v) is 4.60. The number of ether oxygens (including phenoxy) is 1. The van der Waals surface area contributed by atoms with E-state index in [9.17, 15) is 14.7 Å². The Balaban J connectivity index is 1.54. The number of carbonyl (C=O) groups excluding carboxylic acids is 2. The van der Waals surface area contributed by atoms with Gasteiger partial charge in [0, 0.05) is 18.0 Å². The summed E-state index contributed by atoms with van der Waals surface area (Å²) in [6.45, 7) is 2.17. The van der Waals surface area contributed by atoms with E-state index in [1.807, 2.05) is 30.3 Å². The highest BCUT2D eigenvalue weighted by Gasteiger charge is 2.48. The van der Waals surface area contributed by atoms with Crippen molar-refractivity contribution >= 4 is 33.9 Å². The maximum absolute atomic E-state index is 13.1. The molecule has 1 N–H and O–H groups in total. The average Bonchev–Trinajstić information content (AvgIpc) is 3.44. The van der Waals surface area contributed by atoms with E-state index in [1.165, 1.54) is 28.6 Å². The van der Waals surface area contributed by atoms with Gasteiger partial charge in [-0.2, -0.15) is 0 Å². The number of ketones is 1. The third-order valence-electron chi connectivity index (χ3n) is 5.56. The lowest BCUT2D eigenvalue weighted by Crippen LogP contribution is -2.29. The van der Waals surface area contributed by atoms with Crippen molar-refractivity contribution in [1.82, 2.24) is 15.2 Å². The minimum Gasteiger partial charge on any atom is -0.507 e. The van der Waals surface area contributed by atoms with Crippen LogP contribution in [-0.4, -0.2) is 32.0 Å². The van der Waals surface area contributed by atoms with Crippen LogP contribution in [0.2, 0.25) is 0 Å². The van der Waals surface area contributed by atoms with Crippen LogP contribution in [0.1, 0.15) is 27.7 Å². The second kappa shape index (κ2) is 9.47. The predicted octanol–water partition coefficient (Wildman–Crippen LogP) is 4.45. The number of benzene rings is 2. The van der Waals surface area contributed by atoms with Gasteiger partial charge in [0.15, 0.2) is 0 Å². The van der Waals surface area contributed by atoms with Crippen molar-refractivity contribution in [3.05, 3.63) is 106 Å². The van der Waals surface area contributed by atoms with Crippen molar-refractivity contribution in [2.75, 3.05) is 4.90 Å². The first kappa shape index (κ1) is 22.4. The first-order valence-electron chi connectivity index (χ1n) is 10.8. The number of aliphatic hydroxyl groups excluding tert-OH is 1. The first-order valence-corrected chi connectivity index (χ1v) is 11.6. The van der Waals surface area contributed by atoms with E-state index in [-0.39, 0.29) is 16.5 Å². The monoisotopic (exact) mass is 484 g/mol. The van der Waals surface area contributed by atoms with E-state index >= 15 is 0 Å². The van der Waals surface area contributed by atoms with Gasteiger partial charge in [0.2, 0.25) is 5.13 Å². The molecule has 2 aromatic carbocycles. The third kappa shape index (κ3) is 4.41. The number of aromatic nitrogens is 3. The van der Waals surface area contributed by atoms with Crippen molar-refractivity contribution in [3.8, 4) is 5.75 Å². The van der Waals surface area contributed by atoms with Gasteiger partial charge in [-0.3, -0.25) is 19.5 Å². The molecule has 0 aliphatic carbocycles. The number of hydrogen-bond acceptors (Lipinski definition) is 8. The minimum absolute atomic E-state index is 0.0213. The number of pyridine rings is 1. The lowest BCUT2D eigenvalue weighted by Gasteiger charge is -2.22. The molecule has 174 valence electrons. The summed E-state index contributed by atoms with van der Waals surface area (Å²) < 4.78 is 5.87. The molecule has 0 unspecified atom stereocenters. The summed E-state index contributed by atoms with van der Waals surface area (Å²) in [5.41, 5.74) is 2.03. The lowest BCUT2D eigenvalue weighted by atomic mass is 9.95. The summed E-state index contributed by atoms with van der Waals surface area (Å²) in [4.78, 5) is 31.5. The number of amides is 1.